The zero-order valence-corrected chi connectivity index (χ0v) is 43.8. The Labute approximate surface area is 396 Å². The van der Waals surface area contributed by atoms with Gasteiger partial charge >= 0.3 is 30.2 Å². The fourth-order valence-electron chi connectivity index (χ4n) is 9.53. The molecule has 0 aromatic heterocycles. The zero-order valence-electron chi connectivity index (χ0n) is 38.7. The minimum atomic E-state index is 0. The summed E-state index contributed by atoms with van der Waals surface area (Å²) in [7, 11) is 0. The fourth-order valence-corrected chi connectivity index (χ4v) is 9.53. The predicted octanol–water partition coefficient (Wildman–Crippen LogP) is 17.3. The van der Waals surface area contributed by atoms with Gasteiger partial charge in [-0.15, -0.1) is 81.8 Å². The molecular weight excluding hydrogens is 863 g/mol. The molecule has 2 aliphatic rings. The summed E-state index contributed by atoms with van der Waals surface area (Å²) in [5.74, 6) is 1.79. The average Bonchev–Trinajstić information content (AvgIpc) is 3.78. The summed E-state index contributed by atoms with van der Waals surface area (Å²) < 4.78 is 0. The zero-order chi connectivity index (χ0) is 40.0. The van der Waals surface area contributed by atoms with Gasteiger partial charge in [0.2, 0.25) is 0 Å². The molecule has 324 valence electrons. The Kier molecular flexibility index (Phi) is 21.6. The third kappa shape index (κ3) is 13.9. The van der Waals surface area contributed by atoms with E-state index in [9.17, 15) is 0 Å². The van der Waals surface area contributed by atoms with Crippen molar-refractivity contribution in [1.29, 1.82) is 0 Å². The standard InChI is InChI=1S/2C27H33.2CH3.2ClH.Si.Zr/c2*1-19-14-23-17-21(16-20-8-6-5-7-9-20)18-26(23)25(15-19)22-10-12-24(13-11-22)27(2,3)4;;;;;;/h2*10-15,17-18,20H,5-9,16H2,1-4H3;2*1H3;2*1H;;/q4*-1;;;;. The number of fused-ring (bicyclic) bond motifs is 2. The van der Waals surface area contributed by atoms with E-state index in [1.807, 2.05) is 0 Å². The van der Waals surface area contributed by atoms with Crippen LogP contribution in [-0.2, 0) is 47.0 Å². The summed E-state index contributed by atoms with van der Waals surface area (Å²) in [4.78, 5) is 0. The van der Waals surface area contributed by atoms with Crippen LogP contribution in [0.2, 0.25) is 0 Å². The molecule has 0 amide bonds. The molecular formula is C56H74Cl2SiZr-4. The number of rotatable bonds is 6. The summed E-state index contributed by atoms with van der Waals surface area (Å²) in [6.07, 6.45) is 16.8. The van der Waals surface area contributed by atoms with Crippen LogP contribution < -0.4 is 0 Å². The second kappa shape index (κ2) is 24.0. The molecule has 2 fully saturated rings. The number of benzene rings is 4. The molecule has 0 aliphatic heterocycles. The molecule has 0 saturated heterocycles. The van der Waals surface area contributed by atoms with Gasteiger partial charge in [-0.05, 0) is 71.6 Å². The molecule has 0 nitrogen and oxygen atoms in total. The van der Waals surface area contributed by atoms with Gasteiger partial charge in [0.25, 0.3) is 0 Å². The van der Waals surface area contributed by atoms with Gasteiger partial charge in [0.05, 0.1) is 0 Å². The van der Waals surface area contributed by atoms with E-state index < -0.39 is 0 Å². The van der Waals surface area contributed by atoms with Gasteiger partial charge in [-0.2, -0.15) is 12.1 Å². The summed E-state index contributed by atoms with van der Waals surface area (Å²) in [6, 6.07) is 37.7. The van der Waals surface area contributed by atoms with Crippen molar-refractivity contribution in [1.82, 2.24) is 0 Å². The van der Waals surface area contributed by atoms with E-state index in [1.165, 1.54) is 178 Å². The Morgan fingerprint density at radius 2 is 0.817 bits per heavy atom. The third-order valence-electron chi connectivity index (χ3n) is 12.7. The van der Waals surface area contributed by atoms with E-state index in [-0.39, 0.29) is 50.5 Å². The van der Waals surface area contributed by atoms with Crippen molar-refractivity contribution in [3.8, 4) is 22.3 Å². The van der Waals surface area contributed by atoms with E-state index >= 15 is 0 Å². The SMILES string of the molecule is Cc1cc(-c2ccc(C(C)(C)C)cc2)c2cc(CC3CCCCC3)[cH-]c2c1.Cc1cc(-c2ccc(C(C)(C)C)cc2)c2cc(CC3CCCCC3)[cH-]c2c1.Cl.Cl.[CH3-].[CH3-].[Si]=[Zr]. The molecule has 0 bridgehead atoms. The Bertz CT molecular complexity index is 2020. The van der Waals surface area contributed by atoms with Crippen LogP contribution >= 0.6 is 24.8 Å². The molecule has 6 aromatic rings. The number of aryl methyl sites for hydroxylation is 2. The Morgan fingerprint density at radius 3 is 1.12 bits per heavy atom. The summed E-state index contributed by atoms with van der Waals surface area (Å²) in [6.45, 7) is 21.2. The van der Waals surface area contributed by atoms with E-state index in [0.29, 0.717) is 0 Å². The fraction of sp³-hybridized carbons (Fsp3) is 0.429. The summed E-state index contributed by atoms with van der Waals surface area (Å²) in [5.41, 5.74) is 14.4. The predicted molar refractivity (Wildman–Crippen MR) is 270 cm³/mol. The van der Waals surface area contributed by atoms with Crippen molar-refractivity contribution in [3.63, 3.8) is 0 Å². The molecule has 0 atom stereocenters. The number of hydrogen-bond acceptors (Lipinski definition) is 0. The van der Waals surface area contributed by atoms with Gasteiger partial charge in [-0.25, -0.2) is 0 Å². The van der Waals surface area contributed by atoms with Crippen molar-refractivity contribution < 1.29 is 23.3 Å². The van der Waals surface area contributed by atoms with Crippen LogP contribution in [0.5, 0.6) is 0 Å². The second-order valence-corrected chi connectivity index (χ2v) is 19.4. The number of halogens is 2. The molecule has 0 spiro atoms. The van der Waals surface area contributed by atoms with Crippen molar-refractivity contribution in [2.75, 3.05) is 0 Å². The van der Waals surface area contributed by atoms with E-state index in [2.05, 4.69) is 159 Å². The Hall–Kier alpha value is -2.22. The molecule has 0 N–H and O–H groups in total. The van der Waals surface area contributed by atoms with Crippen molar-refractivity contribution in [2.45, 2.75) is 143 Å². The number of hydrogen-bond donors (Lipinski definition) is 0. The minimum absolute atomic E-state index is 0. The van der Waals surface area contributed by atoms with Gasteiger partial charge in [0.15, 0.2) is 0 Å². The van der Waals surface area contributed by atoms with Crippen LogP contribution in [0, 0.1) is 40.5 Å². The maximum absolute atomic E-state index is 3.06. The molecule has 6 aromatic carbocycles. The molecule has 60 heavy (non-hydrogen) atoms. The van der Waals surface area contributed by atoms with E-state index in [1.54, 1.807) is 0 Å². The Balaban J connectivity index is 0.000000373. The van der Waals surface area contributed by atoms with Crippen LogP contribution in [0.25, 0.3) is 43.8 Å². The van der Waals surface area contributed by atoms with Crippen LogP contribution in [-0.4, -0.2) is 6.88 Å². The first kappa shape index (κ1) is 53.9. The van der Waals surface area contributed by atoms with E-state index in [0.717, 1.165) is 11.8 Å². The first-order valence-electron chi connectivity index (χ1n) is 21.7. The topological polar surface area (TPSA) is 0 Å². The van der Waals surface area contributed by atoms with Crippen molar-refractivity contribution in [3.05, 3.63) is 145 Å². The molecule has 0 unspecified atom stereocenters. The maximum atomic E-state index is 3.06. The molecule has 2 saturated carbocycles. The summed E-state index contributed by atoms with van der Waals surface area (Å²) >= 11 is 1.36. The Morgan fingerprint density at radius 1 is 0.500 bits per heavy atom. The van der Waals surface area contributed by atoms with Gasteiger partial charge in [-0.3, -0.25) is 0 Å². The molecule has 8 rings (SSSR count). The van der Waals surface area contributed by atoms with Crippen LogP contribution in [0.1, 0.15) is 139 Å². The van der Waals surface area contributed by atoms with Gasteiger partial charge in [-0.1, -0.05) is 189 Å². The van der Waals surface area contributed by atoms with Gasteiger partial charge in [0.1, 0.15) is 0 Å². The molecule has 2 radical (unpaired) electrons. The van der Waals surface area contributed by atoms with Crippen molar-refractivity contribution >= 4 is 53.2 Å². The van der Waals surface area contributed by atoms with Crippen molar-refractivity contribution in [2.24, 2.45) is 11.8 Å². The normalized spacial score (nSPS) is 14.6. The first-order valence-corrected chi connectivity index (χ1v) is 25.9. The van der Waals surface area contributed by atoms with Crippen LogP contribution in [0.4, 0.5) is 0 Å². The monoisotopic (exact) mass is 934 g/mol. The first-order chi connectivity index (χ1) is 26.8. The van der Waals surface area contributed by atoms with Gasteiger partial charge in [0, 0.05) is 0 Å². The molecule has 2 aliphatic carbocycles. The van der Waals surface area contributed by atoms with Crippen LogP contribution in [0.15, 0.2) is 97.1 Å². The third-order valence-corrected chi connectivity index (χ3v) is 12.7. The average molecular weight is 937 g/mol. The molecule has 0 heterocycles. The quantitative estimate of drug-likeness (QED) is 0.115. The van der Waals surface area contributed by atoms with Gasteiger partial charge < -0.3 is 14.9 Å². The van der Waals surface area contributed by atoms with Crippen LogP contribution in [0.3, 0.4) is 0 Å². The summed E-state index contributed by atoms with van der Waals surface area (Å²) in [5, 5.41) is 5.68. The molecule has 4 heteroatoms. The van der Waals surface area contributed by atoms with E-state index in [4.69, 9.17) is 0 Å². The second-order valence-electron chi connectivity index (χ2n) is 19.4.